The second-order valence-corrected chi connectivity index (χ2v) is 6.98. The highest BCUT2D eigenvalue weighted by molar-refractivity contribution is 6.32. The van der Waals surface area contributed by atoms with Crippen LogP contribution in [0, 0.1) is 18.8 Å². The van der Waals surface area contributed by atoms with Crippen molar-refractivity contribution in [3.05, 3.63) is 28.8 Å². The van der Waals surface area contributed by atoms with Crippen molar-refractivity contribution in [2.24, 2.45) is 11.8 Å². The van der Waals surface area contributed by atoms with Crippen molar-refractivity contribution in [1.29, 1.82) is 0 Å². The fourth-order valence-electron chi connectivity index (χ4n) is 3.56. The van der Waals surface area contributed by atoms with Gasteiger partial charge >= 0.3 is 5.97 Å². The number of likely N-dealkylation sites (tertiary alicyclic amines) is 1. The number of benzene rings is 1. The highest BCUT2D eigenvalue weighted by Crippen LogP contribution is 2.39. The van der Waals surface area contributed by atoms with Crippen molar-refractivity contribution >= 4 is 29.4 Å². The molecule has 1 saturated heterocycles. The summed E-state index contributed by atoms with van der Waals surface area (Å²) in [7, 11) is 0. The Hall–Kier alpha value is -1.88. The minimum Gasteiger partial charge on any atom is -0.423 e. The van der Waals surface area contributed by atoms with Crippen LogP contribution in [-0.2, 0) is 14.4 Å². The van der Waals surface area contributed by atoms with Gasteiger partial charge in [0.15, 0.2) is 0 Å². The zero-order chi connectivity index (χ0) is 17.4. The number of ether oxygens (including phenoxy) is 1. The zero-order valence-corrected chi connectivity index (χ0v) is 14.5. The van der Waals surface area contributed by atoms with Crippen molar-refractivity contribution < 1.29 is 19.1 Å². The van der Waals surface area contributed by atoms with Gasteiger partial charge in [-0.25, -0.2) is 4.79 Å². The molecule has 0 radical (unpaired) electrons. The number of hydrogen-bond acceptors (Lipinski definition) is 4. The van der Waals surface area contributed by atoms with Crippen LogP contribution in [0.25, 0.3) is 0 Å². The quantitative estimate of drug-likeness (QED) is 0.478. The number of imide groups is 1. The first-order valence-electron chi connectivity index (χ1n) is 8.25. The maximum atomic E-state index is 12.5. The van der Waals surface area contributed by atoms with Crippen molar-refractivity contribution in [2.45, 2.75) is 45.6 Å². The first-order valence-corrected chi connectivity index (χ1v) is 8.62. The van der Waals surface area contributed by atoms with Crippen molar-refractivity contribution in [3.8, 4) is 5.75 Å². The van der Waals surface area contributed by atoms with Gasteiger partial charge < -0.3 is 4.74 Å². The number of rotatable bonds is 3. The van der Waals surface area contributed by atoms with E-state index in [1.54, 1.807) is 18.2 Å². The number of hydrogen-bond donors (Lipinski definition) is 0. The van der Waals surface area contributed by atoms with Crippen LogP contribution in [0.4, 0.5) is 0 Å². The Balaban J connectivity index is 1.77. The molecule has 3 atom stereocenters. The molecule has 1 aliphatic carbocycles. The molecular formula is C18H20ClNO4. The number of esters is 1. The summed E-state index contributed by atoms with van der Waals surface area (Å²) in [6, 6.07) is 4.15. The van der Waals surface area contributed by atoms with Gasteiger partial charge in [-0.2, -0.15) is 0 Å². The topological polar surface area (TPSA) is 63.7 Å². The van der Waals surface area contributed by atoms with E-state index in [1.165, 1.54) is 6.92 Å². The molecule has 1 saturated carbocycles. The number of amides is 2. The third kappa shape index (κ3) is 2.93. The standard InChI is InChI=1S/C18H20ClNO4/c1-10-7-8-14(19)15(9-10)24-18(23)11(2)20-16(21)12-5-3-4-6-13(12)17(20)22/h7-9,11-13H,3-6H2,1-2H3/t11-,12+,13+/m0/s1. The monoisotopic (exact) mass is 349 g/mol. The van der Waals surface area contributed by atoms with Crippen molar-refractivity contribution in [2.75, 3.05) is 0 Å². The van der Waals surface area contributed by atoms with Crippen LogP contribution >= 0.6 is 11.6 Å². The summed E-state index contributed by atoms with van der Waals surface area (Å²) in [6.45, 7) is 3.38. The second kappa shape index (κ2) is 6.55. The van der Waals surface area contributed by atoms with Crippen molar-refractivity contribution in [1.82, 2.24) is 4.90 Å². The number of carbonyl (C=O) groups is 3. The molecule has 2 fully saturated rings. The van der Waals surface area contributed by atoms with E-state index in [-0.39, 0.29) is 29.4 Å². The fourth-order valence-corrected chi connectivity index (χ4v) is 3.71. The average Bonchev–Trinajstić information content (AvgIpc) is 2.82. The summed E-state index contributed by atoms with van der Waals surface area (Å²) in [5, 5.41) is 0.314. The Morgan fingerprint density at radius 3 is 2.38 bits per heavy atom. The number of nitrogens with zero attached hydrogens (tertiary/aromatic N) is 1. The van der Waals surface area contributed by atoms with E-state index in [0.29, 0.717) is 5.02 Å². The predicted octanol–water partition coefficient (Wildman–Crippen LogP) is 3.12. The molecular weight excluding hydrogens is 330 g/mol. The summed E-state index contributed by atoms with van der Waals surface area (Å²) >= 11 is 6.04. The van der Waals surface area contributed by atoms with E-state index in [2.05, 4.69) is 0 Å². The number of aryl methyl sites for hydroxylation is 1. The molecule has 24 heavy (non-hydrogen) atoms. The smallest absolute Gasteiger partial charge is 0.334 e. The van der Waals surface area contributed by atoms with Gasteiger partial charge in [-0.05, 0) is 44.4 Å². The summed E-state index contributed by atoms with van der Waals surface area (Å²) in [4.78, 5) is 38.6. The summed E-state index contributed by atoms with van der Waals surface area (Å²) < 4.78 is 5.33. The molecule has 0 unspecified atom stereocenters. The Morgan fingerprint density at radius 2 is 1.79 bits per heavy atom. The molecule has 0 aromatic heterocycles. The van der Waals surface area contributed by atoms with Crippen LogP contribution in [0.2, 0.25) is 5.02 Å². The number of fused-ring (bicyclic) bond motifs is 1. The third-order valence-corrected chi connectivity index (χ3v) is 5.21. The van der Waals surface area contributed by atoms with Crippen LogP contribution in [0.5, 0.6) is 5.75 Å². The number of halogens is 1. The molecule has 0 bridgehead atoms. The van der Waals surface area contributed by atoms with Crippen LogP contribution in [0.15, 0.2) is 18.2 Å². The molecule has 3 rings (SSSR count). The first-order chi connectivity index (χ1) is 11.4. The minimum atomic E-state index is -0.952. The van der Waals surface area contributed by atoms with E-state index in [9.17, 15) is 14.4 Å². The van der Waals surface area contributed by atoms with Gasteiger partial charge in [-0.1, -0.05) is 30.5 Å². The Morgan fingerprint density at radius 1 is 1.21 bits per heavy atom. The molecule has 1 aliphatic heterocycles. The third-order valence-electron chi connectivity index (χ3n) is 4.90. The highest BCUT2D eigenvalue weighted by atomic mass is 35.5. The first kappa shape index (κ1) is 17.0. The summed E-state index contributed by atoms with van der Waals surface area (Å²) in [6.07, 6.45) is 3.34. The lowest BCUT2D eigenvalue weighted by Crippen LogP contribution is -2.45. The van der Waals surface area contributed by atoms with Crippen molar-refractivity contribution in [3.63, 3.8) is 0 Å². The Kier molecular flexibility index (Phi) is 4.63. The van der Waals surface area contributed by atoms with Gasteiger partial charge in [-0.15, -0.1) is 0 Å². The van der Waals surface area contributed by atoms with Gasteiger partial charge in [0.1, 0.15) is 11.8 Å². The molecule has 0 spiro atoms. The Bertz CT molecular complexity index is 678. The summed E-state index contributed by atoms with van der Waals surface area (Å²) in [5.74, 6) is -1.45. The molecule has 2 amide bonds. The lowest BCUT2D eigenvalue weighted by molar-refractivity contribution is -0.152. The SMILES string of the molecule is Cc1ccc(Cl)c(OC(=O)[C@H](C)N2C(=O)[C@@H]3CCCC[C@H]3C2=O)c1. The van der Waals surface area contributed by atoms with Gasteiger partial charge in [-0.3, -0.25) is 14.5 Å². The maximum Gasteiger partial charge on any atom is 0.334 e. The lowest BCUT2D eigenvalue weighted by Gasteiger charge is -2.21. The molecule has 1 aromatic carbocycles. The largest absolute Gasteiger partial charge is 0.423 e. The number of carbonyl (C=O) groups excluding carboxylic acids is 3. The lowest BCUT2D eigenvalue weighted by atomic mass is 9.81. The van der Waals surface area contributed by atoms with Crippen LogP contribution in [0.1, 0.15) is 38.2 Å². The molecule has 6 heteroatoms. The van der Waals surface area contributed by atoms with Crippen LogP contribution in [0.3, 0.4) is 0 Å². The molecule has 5 nitrogen and oxygen atoms in total. The molecule has 1 heterocycles. The predicted molar refractivity (Wildman–Crippen MR) is 88.6 cm³/mol. The zero-order valence-electron chi connectivity index (χ0n) is 13.8. The van der Waals surface area contributed by atoms with E-state index in [4.69, 9.17) is 16.3 Å². The average molecular weight is 350 g/mol. The van der Waals surface area contributed by atoms with E-state index >= 15 is 0 Å². The highest BCUT2D eigenvalue weighted by Gasteiger charge is 2.51. The van der Waals surface area contributed by atoms with E-state index < -0.39 is 12.0 Å². The van der Waals surface area contributed by atoms with Gasteiger partial charge in [0.05, 0.1) is 16.9 Å². The molecule has 2 aliphatic rings. The molecule has 0 N–H and O–H groups in total. The summed E-state index contributed by atoms with van der Waals surface area (Å²) in [5.41, 5.74) is 0.897. The maximum absolute atomic E-state index is 12.5. The molecule has 128 valence electrons. The van der Waals surface area contributed by atoms with Gasteiger partial charge in [0.25, 0.3) is 0 Å². The van der Waals surface area contributed by atoms with E-state index in [0.717, 1.165) is 36.1 Å². The second-order valence-electron chi connectivity index (χ2n) is 6.57. The normalized spacial score (nSPS) is 24.7. The van der Waals surface area contributed by atoms with Gasteiger partial charge in [0.2, 0.25) is 11.8 Å². The Labute approximate surface area is 145 Å². The van der Waals surface area contributed by atoms with E-state index in [1.807, 2.05) is 6.92 Å². The van der Waals surface area contributed by atoms with Gasteiger partial charge in [0, 0.05) is 0 Å². The minimum absolute atomic E-state index is 0.241. The van der Waals surface area contributed by atoms with Crippen LogP contribution < -0.4 is 4.74 Å². The molecule has 1 aromatic rings. The fraction of sp³-hybridized carbons (Fsp3) is 0.500. The van der Waals surface area contributed by atoms with Crippen LogP contribution in [-0.4, -0.2) is 28.7 Å².